The summed E-state index contributed by atoms with van der Waals surface area (Å²) in [6.45, 7) is -0.375. The van der Waals surface area contributed by atoms with Crippen LogP contribution in [0.3, 0.4) is 0 Å². The number of aliphatic carboxylic acids is 2. The lowest BCUT2D eigenvalue weighted by atomic mass is 9.97. The largest absolute Gasteiger partial charge is 0.508 e. The number of nitrogens with zero attached hydrogens (tertiary/aromatic N) is 1. The first-order valence-corrected chi connectivity index (χ1v) is 12.4. The molecule has 2 aliphatic rings. The summed E-state index contributed by atoms with van der Waals surface area (Å²) in [5.41, 5.74) is 4.10. The lowest BCUT2D eigenvalue weighted by Gasteiger charge is -2.55. The van der Waals surface area contributed by atoms with E-state index >= 15 is 0 Å². The van der Waals surface area contributed by atoms with Gasteiger partial charge in [0.1, 0.15) is 29.5 Å². The topological polar surface area (TPSA) is 206 Å². The fourth-order valence-electron chi connectivity index (χ4n) is 3.89. The number of ether oxygens (including phenoxy) is 2. The number of esters is 1. The molecular weight excluding hydrogens is 522 g/mol. The van der Waals surface area contributed by atoms with Crippen LogP contribution < -0.4 is 11.1 Å². The highest BCUT2D eigenvalue weighted by Gasteiger charge is 2.66. The van der Waals surface area contributed by atoms with E-state index in [4.69, 9.17) is 20.3 Å². The van der Waals surface area contributed by atoms with E-state index in [0.717, 1.165) is 22.7 Å². The Labute approximate surface area is 221 Å². The van der Waals surface area contributed by atoms with Crippen LogP contribution in [0.15, 0.2) is 41.6 Å². The summed E-state index contributed by atoms with van der Waals surface area (Å²) in [6, 6.07) is 4.96. The molecule has 0 spiro atoms. The van der Waals surface area contributed by atoms with Crippen LogP contribution in [0.1, 0.15) is 24.8 Å². The number of rotatable bonds is 12. The fraction of sp³-hybridized carbons (Fsp3) is 0.375. The maximum atomic E-state index is 13.1. The highest BCUT2D eigenvalue weighted by atomic mass is 32.2. The minimum Gasteiger partial charge on any atom is -0.508 e. The predicted octanol–water partition coefficient (Wildman–Crippen LogP) is 0.244. The van der Waals surface area contributed by atoms with Gasteiger partial charge in [-0.25, -0.2) is 9.59 Å². The van der Waals surface area contributed by atoms with Crippen molar-refractivity contribution in [2.24, 2.45) is 5.73 Å². The molecule has 3 rings (SSSR count). The number of carboxylic acids is 2. The third kappa shape index (κ3) is 6.15. The van der Waals surface area contributed by atoms with Crippen molar-refractivity contribution in [3.05, 3.63) is 47.2 Å². The monoisotopic (exact) mass is 549 g/mol. The third-order valence-electron chi connectivity index (χ3n) is 5.89. The van der Waals surface area contributed by atoms with Crippen LogP contribution >= 0.6 is 11.8 Å². The number of carboxylic acid groups (broad SMARTS) is 2. The molecule has 0 aliphatic carbocycles. The lowest BCUT2D eigenvalue weighted by Crippen LogP contribution is -2.80. The van der Waals surface area contributed by atoms with Gasteiger partial charge >= 0.3 is 17.9 Å². The van der Waals surface area contributed by atoms with Crippen LogP contribution in [-0.2, 0) is 33.4 Å². The van der Waals surface area contributed by atoms with Gasteiger partial charge in [-0.15, -0.1) is 11.8 Å². The van der Waals surface area contributed by atoms with E-state index in [1.54, 1.807) is 12.1 Å². The maximum absolute atomic E-state index is 13.1. The van der Waals surface area contributed by atoms with Crippen molar-refractivity contribution in [3.63, 3.8) is 0 Å². The van der Waals surface area contributed by atoms with E-state index in [-0.39, 0.29) is 48.6 Å². The quantitative estimate of drug-likeness (QED) is 0.103. The SMILES string of the molecule is CO[C@@]1(NC(=O)CCCC(N)C(=O)O)C(=O)N2C(C(=O)O)=C(COC(=O)/C=C/c3ccc(O)cc3)CSC21. The van der Waals surface area contributed by atoms with Crippen LogP contribution in [0, 0.1) is 0 Å². The van der Waals surface area contributed by atoms with Crippen LogP contribution in [0.2, 0.25) is 0 Å². The highest BCUT2D eigenvalue weighted by Crippen LogP contribution is 2.46. The number of nitrogens with one attached hydrogen (secondary N) is 1. The number of phenols is 1. The number of nitrogens with two attached hydrogens (primary N) is 1. The van der Waals surface area contributed by atoms with Crippen molar-refractivity contribution in [3.8, 4) is 5.75 Å². The number of aromatic hydroxyl groups is 1. The van der Waals surface area contributed by atoms with Gasteiger partial charge in [0.05, 0.1) is 0 Å². The van der Waals surface area contributed by atoms with Gasteiger partial charge in [-0.3, -0.25) is 19.3 Å². The first kappa shape index (κ1) is 28.7. The fourth-order valence-corrected chi connectivity index (χ4v) is 5.31. The van der Waals surface area contributed by atoms with Crippen molar-refractivity contribution in [1.82, 2.24) is 10.2 Å². The minimum atomic E-state index is -1.80. The number of β-lactam (4-membered cyclic amide) rings is 1. The summed E-state index contributed by atoms with van der Waals surface area (Å²) in [4.78, 5) is 61.5. The molecule has 3 atom stereocenters. The Morgan fingerprint density at radius 3 is 2.55 bits per heavy atom. The van der Waals surface area contributed by atoms with Crippen LogP contribution in [0.4, 0.5) is 0 Å². The Kier molecular flexibility index (Phi) is 9.14. The molecule has 1 fully saturated rings. The average Bonchev–Trinajstić information content (AvgIpc) is 2.89. The molecule has 0 saturated carbocycles. The molecule has 2 amide bonds. The van der Waals surface area contributed by atoms with E-state index in [9.17, 15) is 34.2 Å². The molecule has 14 heteroatoms. The van der Waals surface area contributed by atoms with Gasteiger partial charge in [0.25, 0.3) is 11.6 Å². The first-order chi connectivity index (χ1) is 18.0. The molecule has 0 radical (unpaired) electrons. The summed E-state index contributed by atoms with van der Waals surface area (Å²) in [6.07, 6.45) is 2.71. The zero-order valence-corrected chi connectivity index (χ0v) is 21.1. The van der Waals surface area contributed by atoms with Crippen molar-refractivity contribution < 1.29 is 48.8 Å². The average molecular weight is 550 g/mol. The van der Waals surface area contributed by atoms with Gasteiger partial charge < -0.3 is 35.8 Å². The van der Waals surface area contributed by atoms with Crippen molar-refractivity contribution >= 4 is 47.6 Å². The normalized spacial score (nSPS) is 21.5. The van der Waals surface area contributed by atoms with Crippen LogP contribution in [0.25, 0.3) is 6.08 Å². The standard InChI is InChI=1S/C24H27N3O10S/c1-36-24(26-17(29)4-2-3-16(25)20(31)32)22(35)27-19(21(33)34)14(12-38-23(24)27)11-37-18(30)10-7-13-5-8-15(28)9-6-13/h5-10,16,23,28H,2-4,11-12,25H2,1H3,(H,26,29)(H,31,32)(H,33,34)/b10-7+/t16?,23?,24-/m0/s1. The zero-order valence-electron chi connectivity index (χ0n) is 20.3. The van der Waals surface area contributed by atoms with Gasteiger partial charge in [-0.1, -0.05) is 12.1 Å². The number of phenolic OH excluding ortho intramolecular Hbond substituents is 1. The molecule has 2 unspecified atom stereocenters. The van der Waals surface area contributed by atoms with E-state index in [1.807, 2.05) is 0 Å². The smallest absolute Gasteiger partial charge is 0.352 e. The molecule has 13 nitrogen and oxygen atoms in total. The van der Waals surface area contributed by atoms with Crippen LogP contribution in [0.5, 0.6) is 5.75 Å². The molecule has 1 aromatic carbocycles. The Morgan fingerprint density at radius 2 is 1.95 bits per heavy atom. The molecule has 2 aliphatic heterocycles. The van der Waals surface area contributed by atoms with Crippen LogP contribution in [-0.4, -0.2) is 86.6 Å². The van der Waals surface area contributed by atoms with Gasteiger partial charge in [0, 0.05) is 30.9 Å². The molecule has 1 saturated heterocycles. The Bertz CT molecular complexity index is 1180. The molecule has 6 N–H and O–H groups in total. The van der Waals surface area contributed by atoms with Crippen molar-refractivity contribution in [2.75, 3.05) is 19.5 Å². The molecule has 1 aromatic rings. The Hall–Kier alpha value is -3.88. The lowest BCUT2D eigenvalue weighted by molar-refractivity contribution is -0.192. The number of hydrogen-bond acceptors (Lipinski definition) is 10. The number of benzene rings is 1. The summed E-state index contributed by atoms with van der Waals surface area (Å²) in [5, 5.41) is 29.6. The number of amides is 2. The minimum absolute atomic E-state index is 0.0547. The maximum Gasteiger partial charge on any atom is 0.352 e. The zero-order chi connectivity index (χ0) is 28.0. The third-order valence-corrected chi connectivity index (χ3v) is 7.26. The van der Waals surface area contributed by atoms with Gasteiger partial charge in [-0.05, 0) is 36.6 Å². The Morgan fingerprint density at radius 1 is 1.26 bits per heavy atom. The summed E-state index contributed by atoms with van der Waals surface area (Å²) < 4.78 is 10.5. The number of carbonyl (C=O) groups is 5. The molecule has 0 bridgehead atoms. The first-order valence-electron chi connectivity index (χ1n) is 11.4. The number of fused-ring (bicyclic) bond motifs is 1. The predicted molar refractivity (Wildman–Crippen MR) is 133 cm³/mol. The molecular formula is C24H27N3O10S. The molecule has 38 heavy (non-hydrogen) atoms. The molecule has 0 aromatic heterocycles. The Balaban J connectivity index is 1.65. The summed E-state index contributed by atoms with van der Waals surface area (Å²) in [5.74, 6) is -4.57. The number of hydrogen-bond donors (Lipinski definition) is 5. The van der Waals surface area contributed by atoms with Crippen molar-refractivity contribution in [2.45, 2.75) is 36.4 Å². The van der Waals surface area contributed by atoms with E-state index in [0.29, 0.717) is 5.56 Å². The number of carbonyl (C=O) groups excluding carboxylic acids is 3. The molecule has 2 heterocycles. The van der Waals surface area contributed by atoms with E-state index in [1.165, 1.54) is 25.3 Å². The number of thioether (sulfide) groups is 1. The molecule has 204 valence electrons. The van der Waals surface area contributed by atoms with Crippen molar-refractivity contribution in [1.29, 1.82) is 0 Å². The van der Waals surface area contributed by atoms with E-state index < -0.39 is 46.9 Å². The second-order valence-electron chi connectivity index (χ2n) is 8.45. The van der Waals surface area contributed by atoms with E-state index in [2.05, 4.69) is 5.32 Å². The highest BCUT2D eigenvalue weighted by molar-refractivity contribution is 8.00. The summed E-state index contributed by atoms with van der Waals surface area (Å²) >= 11 is 1.13. The van der Waals surface area contributed by atoms with Gasteiger partial charge in [-0.2, -0.15) is 0 Å². The van der Waals surface area contributed by atoms with Gasteiger partial charge in [0.15, 0.2) is 0 Å². The van der Waals surface area contributed by atoms with Gasteiger partial charge in [0.2, 0.25) is 5.91 Å². The number of methoxy groups -OCH3 is 1. The summed E-state index contributed by atoms with van der Waals surface area (Å²) in [7, 11) is 1.21. The second-order valence-corrected chi connectivity index (χ2v) is 9.52. The second kappa shape index (κ2) is 12.1.